The third kappa shape index (κ3) is 4.33. The van der Waals surface area contributed by atoms with Crippen LogP contribution in [-0.2, 0) is 17.6 Å². The summed E-state index contributed by atoms with van der Waals surface area (Å²) in [5, 5.41) is 15.4. The quantitative estimate of drug-likeness (QED) is 0.889. The molecule has 6 heteroatoms. The molecule has 3 rings (SSSR count). The number of nitriles is 1. The van der Waals surface area contributed by atoms with E-state index in [4.69, 9.17) is 5.26 Å². The maximum Gasteiger partial charge on any atom is 0.245 e. The summed E-state index contributed by atoms with van der Waals surface area (Å²) >= 11 is 1.61. The highest BCUT2D eigenvalue weighted by Crippen LogP contribution is 2.28. The highest BCUT2D eigenvalue weighted by Gasteiger charge is 2.14. The molecule has 0 atom stereocenters. The Kier molecular flexibility index (Phi) is 5.44. The van der Waals surface area contributed by atoms with Crippen LogP contribution >= 0.6 is 11.3 Å². The number of hydrogen-bond donors (Lipinski definition) is 2. The van der Waals surface area contributed by atoms with E-state index >= 15 is 0 Å². The summed E-state index contributed by atoms with van der Waals surface area (Å²) in [7, 11) is 0. The van der Waals surface area contributed by atoms with E-state index in [0.29, 0.717) is 10.7 Å². The standard InChI is InChI=1S/C18H20N4OS/c19-11-13-7-9-14(10-8-13)20-12-17(23)22-18-21-15-5-3-1-2-4-6-16(15)24-18/h7-10,20H,1-6,12H2,(H,21,22,23). The number of fused-ring (bicyclic) bond motifs is 1. The second kappa shape index (κ2) is 7.93. The van der Waals surface area contributed by atoms with Gasteiger partial charge in [-0.2, -0.15) is 5.26 Å². The first-order valence-corrected chi connectivity index (χ1v) is 9.09. The molecule has 1 heterocycles. The molecule has 24 heavy (non-hydrogen) atoms. The third-order valence-electron chi connectivity index (χ3n) is 4.06. The molecule has 0 saturated carbocycles. The van der Waals surface area contributed by atoms with Crippen molar-refractivity contribution in [1.82, 2.24) is 4.98 Å². The van der Waals surface area contributed by atoms with E-state index in [-0.39, 0.29) is 12.5 Å². The zero-order valence-corrected chi connectivity index (χ0v) is 14.3. The molecule has 5 nitrogen and oxygen atoms in total. The lowest BCUT2D eigenvalue weighted by Gasteiger charge is -2.06. The lowest BCUT2D eigenvalue weighted by atomic mass is 10.0. The number of benzene rings is 1. The summed E-state index contributed by atoms with van der Waals surface area (Å²) in [5.41, 5.74) is 2.58. The molecular weight excluding hydrogens is 320 g/mol. The lowest BCUT2D eigenvalue weighted by molar-refractivity contribution is -0.114. The summed E-state index contributed by atoms with van der Waals surface area (Å²) in [6, 6.07) is 9.10. The van der Waals surface area contributed by atoms with E-state index in [0.717, 1.165) is 24.2 Å². The summed E-state index contributed by atoms with van der Waals surface area (Å²) in [5.74, 6) is -0.110. The SMILES string of the molecule is N#Cc1ccc(NCC(=O)Nc2nc3c(s2)CCCCCC3)cc1. The fraction of sp³-hybridized carbons (Fsp3) is 0.389. The van der Waals surface area contributed by atoms with Crippen LogP contribution in [0.5, 0.6) is 0 Å². The first kappa shape index (κ1) is 16.5. The Morgan fingerprint density at radius 2 is 1.92 bits per heavy atom. The van der Waals surface area contributed by atoms with Crippen LogP contribution in [0.3, 0.4) is 0 Å². The normalized spacial score (nSPS) is 14.0. The van der Waals surface area contributed by atoms with Gasteiger partial charge in [-0.15, -0.1) is 11.3 Å². The number of carbonyl (C=O) groups is 1. The number of aromatic nitrogens is 1. The first-order valence-electron chi connectivity index (χ1n) is 8.27. The van der Waals surface area contributed by atoms with Gasteiger partial charge in [-0.3, -0.25) is 4.79 Å². The Balaban J connectivity index is 1.54. The van der Waals surface area contributed by atoms with Gasteiger partial charge in [-0.1, -0.05) is 12.8 Å². The molecule has 0 unspecified atom stereocenters. The molecule has 0 saturated heterocycles. The van der Waals surface area contributed by atoms with E-state index < -0.39 is 0 Å². The molecular formula is C18H20N4OS. The highest BCUT2D eigenvalue weighted by atomic mass is 32.1. The predicted molar refractivity (Wildman–Crippen MR) is 96.3 cm³/mol. The molecule has 0 radical (unpaired) electrons. The summed E-state index contributed by atoms with van der Waals surface area (Å²) in [6.07, 6.45) is 7.05. The zero-order chi connectivity index (χ0) is 16.8. The largest absolute Gasteiger partial charge is 0.376 e. The number of aryl methyl sites for hydroxylation is 2. The minimum atomic E-state index is -0.110. The number of carbonyl (C=O) groups excluding carboxylic acids is 1. The van der Waals surface area contributed by atoms with Crippen molar-refractivity contribution in [1.29, 1.82) is 5.26 Å². The average molecular weight is 340 g/mol. The van der Waals surface area contributed by atoms with Crippen molar-refractivity contribution in [3.05, 3.63) is 40.4 Å². The maximum atomic E-state index is 12.1. The molecule has 124 valence electrons. The molecule has 1 aliphatic carbocycles. The number of hydrogen-bond acceptors (Lipinski definition) is 5. The number of anilines is 2. The van der Waals surface area contributed by atoms with Crippen LogP contribution < -0.4 is 10.6 Å². The van der Waals surface area contributed by atoms with Crippen molar-refractivity contribution >= 4 is 28.1 Å². The van der Waals surface area contributed by atoms with Crippen molar-refractivity contribution in [2.24, 2.45) is 0 Å². The van der Waals surface area contributed by atoms with Gasteiger partial charge in [-0.25, -0.2) is 4.98 Å². The van der Waals surface area contributed by atoms with Gasteiger partial charge in [0, 0.05) is 10.6 Å². The van der Waals surface area contributed by atoms with Crippen LogP contribution in [-0.4, -0.2) is 17.4 Å². The van der Waals surface area contributed by atoms with Gasteiger partial charge in [0.15, 0.2) is 5.13 Å². The van der Waals surface area contributed by atoms with Crippen LogP contribution in [0, 0.1) is 11.3 Å². The molecule has 0 fully saturated rings. The van der Waals surface area contributed by atoms with Gasteiger partial charge in [-0.05, 0) is 49.9 Å². The van der Waals surface area contributed by atoms with E-state index in [1.165, 1.54) is 30.6 Å². The van der Waals surface area contributed by atoms with Crippen molar-refractivity contribution in [3.8, 4) is 6.07 Å². The van der Waals surface area contributed by atoms with Gasteiger partial charge < -0.3 is 10.6 Å². The van der Waals surface area contributed by atoms with Crippen molar-refractivity contribution < 1.29 is 4.79 Å². The van der Waals surface area contributed by atoms with Gasteiger partial charge in [0.2, 0.25) is 5.91 Å². The lowest BCUT2D eigenvalue weighted by Crippen LogP contribution is -2.21. The summed E-state index contributed by atoms with van der Waals surface area (Å²) < 4.78 is 0. The number of nitrogens with zero attached hydrogens (tertiary/aromatic N) is 2. The van der Waals surface area contributed by atoms with Crippen LogP contribution in [0.2, 0.25) is 0 Å². The number of nitrogens with one attached hydrogen (secondary N) is 2. The fourth-order valence-electron chi connectivity index (χ4n) is 2.77. The number of rotatable bonds is 4. The summed E-state index contributed by atoms with van der Waals surface area (Å²) in [4.78, 5) is 18.0. The Labute approximate surface area is 145 Å². The van der Waals surface area contributed by atoms with E-state index in [1.54, 1.807) is 35.6 Å². The number of thiazole rings is 1. The second-order valence-corrected chi connectivity index (χ2v) is 6.98. The van der Waals surface area contributed by atoms with E-state index in [9.17, 15) is 4.79 Å². The van der Waals surface area contributed by atoms with Gasteiger partial charge in [0.1, 0.15) is 0 Å². The van der Waals surface area contributed by atoms with Crippen LogP contribution in [0.1, 0.15) is 41.8 Å². The third-order valence-corrected chi connectivity index (χ3v) is 5.13. The van der Waals surface area contributed by atoms with Gasteiger partial charge in [0.05, 0.1) is 23.9 Å². The maximum absolute atomic E-state index is 12.1. The topological polar surface area (TPSA) is 77.8 Å². The molecule has 0 spiro atoms. The fourth-order valence-corrected chi connectivity index (χ4v) is 3.83. The highest BCUT2D eigenvalue weighted by molar-refractivity contribution is 7.15. The molecule has 1 aliphatic rings. The number of amides is 1. The Morgan fingerprint density at radius 3 is 2.67 bits per heavy atom. The minimum absolute atomic E-state index is 0.110. The Hall–Kier alpha value is -2.39. The zero-order valence-electron chi connectivity index (χ0n) is 13.5. The molecule has 2 aromatic rings. The molecule has 0 bridgehead atoms. The molecule has 1 amide bonds. The molecule has 1 aromatic carbocycles. The molecule has 2 N–H and O–H groups in total. The van der Waals surface area contributed by atoms with Crippen molar-refractivity contribution in [2.75, 3.05) is 17.2 Å². The van der Waals surface area contributed by atoms with Crippen molar-refractivity contribution in [2.45, 2.75) is 38.5 Å². The average Bonchev–Trinajstić information content (AvgIpc) is 2.94. The minimum Gasteiger partial charge on any atom is -0.376 e. The second-order valence-electron chi connectivity index (χ2n) is 5.89. The Morgan fingerprint density at radius 1 is 1.17 bits per heavy atom. The van der Waals surface area contributed by atoms with Gasteiger partial charge >= 0.3 is 0 Å². The Bertz CT molecular complexity index is 720. The van der Waals surface area contributed by atoms with E-state index in [2.05, 4.69) is 21.7 Å². The van der Waals surface area contributed by atoms with Crippen LogP contribution in [0.4, 0.5) is 10.8 Å². The van der Waals surface area contributed by atoms with Crippen LogP contribution in [0.25, 0.3) is 0 Å². The summed E-state index contributed by atoms with van der Waals surface area (Å²) in [6.45, 7) is 0.177. The van der Waals surface area contributed by atoms with E-state index in [1.807, 2.05) is 0 Å². The molecule has 1 aromatic heterocycles. The predicted octanol–water partition coefficient (Wildman–Crippen LogP) is 3.72. The first-order chi connectivity index (χ1) is 11.7. The monoisotopic (exact) mass is 340 g/mol. The van der Waals surface area contributed by atoms with Gasteiger partial charge in [0.25, 0.3) is 0 Å². The van der Waals surface area contributed by atoms with Crippen LogP contribution in [0.15, 0.2) is 24.3 Å². The molecule has 0 aliphatic heterocycles. The van der Waals surface area contributed by atoms with Crippen molar-refractivity contribution in [3.63, 3.8) is 0 Å². The smallest absolute Gasteiger partial charge is 0.245 e.